The van der Waals surface area contributed by atoms with Crippen LogP contribution in [0.15, 0.2) is 40.9 Å². The van der Waals surface area contributed by atoms with Crippen molar-refractivity contribution >= 4 is 38.9 Å². The highest BCUT2D eigenvalue weighted by atomic mass is 79.9. The standard InChI is InChI=1S/C12H6BrClN2O5/c13-7-1-3-11(9(14)5-7)21-12-4-2-8(15(17)18)6-10(12)16(19)20/h1-6H. The van der Waals surface area contributed by atoms with Gasteiger partial charge >= 0.3 is 5.69 Å². The number of hydrogen-bond donors (Lipinski definition) is 0. The van der Waals surface area contributed by atoms with Crippen LogP contribution >= 0.6 is 27.5 Å². The lowest BCUT2D eigenvalue weighted by molar-refractivity contribution is -0.394. The quantitative estimate of drug-likeness (QED) is 0.571. The lowest BCUT2D eigenvalue weighted by Gasteiger charge is -2.08. The minimum Gasteiger partial charge on any atom is -0.449 e. The molecular weight excluding hydrogens is 367 g/mol. The third-order valence-corrected chi connectivity index (χ3v) is 3.25. The summed E-state index contributed by atoms with van der Waals surface area (Å²) in [6.45, 7) is 0. The Morgan fingerprint density at radius 1 is 1.00 bits per heavy atom. The number of benzene rings is 2. The number of halogens is 2. The monoisotopic (exact) mass is 372 g/mol. The van der Waals surface area contributed by atoms with E-state index in [4.69, 9.17) is 16.3 Å². The number of nitrogens with zero attached hydrogens (tertiary/aromatic N) is 2. The van der Waals surface area contributed by atoms with E-state index in [0.29, 0.717) is 0 Å². The fourth-order valence-electron chi connectivity index (χ4n) is 1.52. The summed E-state index contributed by atoms with van der Waals surface area (Å²) in [5.74, 6) is 0.0756. The Balaban J connectivity index is 2.44. The van der Waals surface area contributed by atoms with Gasteiger partial charge in [-0.2, -0.15) is 0 Å². The maximum atomic E-state index is 11.0. The molecule has 0 unspecified atom stereocenters. The van der Waals surface area contributed by atoms with E-state index in [2.05, 4.69) is 15.9 Å². The van der Waals surface area contributed by atoms with E-state index in [-0.39, 0.29) is 16.5 Å². The third kappa shape index (κ3) is 3.47. The molecule has 0 atom stereocenters. The summed E-state index contributed by atoms with van der Waals surface area (Å²) < 4.78 is 6.09. The van der Waals surface area contributed by atoms with Crippen LogP contribution in [0.1, 0.15) is 0 Å². The Kier molecular flexibility index (Phi) is 4.39. The van der Waals surface area contributed by atoms with Gasteiger partial charge in [0.2, 0.25) is 5.75 Å². The SMILES string of the molecule is O=[N+]([O-])c1ccc(Oc2ccc(Br)cc2Cl)c([N+](=O)[O-])c1. The molecule has 2 aromatic rings. The molecule has 0 aliphatic rings. The molecule has 108 valence electrons. The van der Waals surface area contributed by atoms with Gasteiger partial charge in [-0.25, -0.2) is 0 Å². The van der Waals surface area contributed by atoms with Crippen LogP contribution in [-0.4, -0.2) is 9.85 Å². The fourth-order valence-corrected chi connectivity index (χ4v) is 2.24. The second-order valence-corrected chi connectivity index (χ2v) is 5.17. The van der Waals surface area contributed by atoms with Crippen LogP contribution in [0, 0.1) is 20.2 Å². The van der Waals surface area contributed by atoms with Crippen molar-refractivity contribution in [2.75, 3.05) is 0 Å². The molecule has 9 heteroatoms. The van der Waals surface area contributed by atoms with Crippen molar-refractivity contribution in [2.45, 2.75) is 0 Å². The van der Waals surface area contributed by atoms with Crippen molar-refractivity contribution < 1.29 is 14.6 Å². The van der Waals surface area contributed by atoms with Crippen molar-refractivity contribution in [3.8, 4) is 11.5 Å². The summed E-state index contributed by atoms with van der Waals surface area (Å²) in [6.07, 6.45) is 0. The fraction of sp³-hybridized carbons (Fsp3) is 0. The first-order valence-corrected chi connectivity index (χ1v) is 6.61. The first kappa shape index (κ1) is 15.2. The van der Waals surface area contributed by atoms with Gasteiger partial charge in [0.05, 0.1) is 20.9 Å². The Hall–Kier alpha value is -2.19. The zero-order valence-corrected chi connectivity index (χ0v) is 12.5. The Labute approximate surface area is 131 Å². The number of ether oxygens (including phenoxy) is 1. The molecule has 2 rings (SSSR count). The number of nitro groups is 2. The minimum atomic E-state index is -0.755. The molecular formula is C12H6BrClN2O5. The van der Waals surface area contributed by atoms with Crippen LogP contribution in [0.4, 0.5) is 11.4 Å². The van der Waals surface area contributed by atoms with E-state index in [1.807, 2.05) is 0 Å². The molecule has 2 aromatic carbocycles. The first-order chi connectivity index (χ1) is 9.88. The van der Waals surface area contributed by atoms with Crippen molar-refractivity contribution in [1.29, 1.82) is 0 Å². The summed E-state index contributed by atoms with van der Waals surface area (Å²) in [5.41, 5.74) is -0.904. The number of hydrogen-bond acceptors (Lipinski definition) is 5. The molecule has 0 aromatic heterocycles. The smallest absolute Gasteiger partial charge is 0.318 e. The second-order valence-electron chi connectivity index (χ2n) is 3.84. The lowest BCUT2D eigenvalue weighted by Crippen LogP contribution is -1.96. The molecule has 0 radical (unpaired) electrons. The largest absolute Gasteiger partial charge is 0.449 e. The lowest BCUT2D eigenvalue weighted by atomic mass is 10.2. The summed E-state index contributed by atoms with van der Waals surface area (Å²) in [7, 11) is 0. The first-order valence-electron chi connectivity index (χ1n) is 5.44. The molecule has 0 saturated carbocycles. The van der Waals surface area contributed by atoms with Gasteiger partial charge in [0.25, 0.3) is 5.69 Å². The minimum absolute atomic E-state index is 0.130. The highest BCUT2D eigenvalue weighted by Crippen LogP contribution is 2.37. The molecule has 21 heavy (non-hydrogen) atoms. The van der Waals surface area contributed by atoms with Gasteiger partial charge in [0.15, 0.2) is 0 Å². The average Bonchev–Trinajstić information content (AvgIpc) is 2.41. The molecule has 0 fully saturated rings. The van der Waals surface area contributed by atoms with Gasteiger partial charge in [0.1, 0.15) is 5.75 Å². The zero-order chi connectivity index (χ0) is 15.6. The maximum absolute atomic E-state index is 11.0. The molecule has 0 heterocycles. The average molecular weight is 374 g/mol. The molecule has 0 spiro atoms. The van der Waals surface area contributed by atoms with E-state index >= 15 is 0 Å². The number of rotatable bonds is 4. The van der Waals surface area contributed by atoms with Gasteiger partial charge in [-0.15, -0.1) is 0 Å². The number of non-ortho nitro benzene ring substituents is 1. The molecule has 0 aliphatic heterocycles. The molecule has 0 N–H and O–H groups in total. The van der Waals surface area contributed by atoms with Crippen LogP contribution in [0.5, 0.6) is 11.5 Å². The van der Waals surface area contributed by atoms with Crippen LogP contribution in [0.2, 0.25) is 5.02 Å². The molecule has 0 amide bonds. The van der Waals surface area contributed by atoms with E-state index < -0.39 is 21.2 Å². The predicted molar refractivity (Wildman–Crippen MR) is 79.0 cm³/mol. The Bertz CT molecular complexity index is 738. The third-order valence-electron chi connectivity index (χ3n) is 2.46. The highest BCUT2D eigenvalue weighted by Gasteiger charge is 2.21. The zero-order valence-electron chi connectivity index (χ0n) is 10.2. The summed E-state index contributed by atoms with van der Waals surface area (Å²) >= 11 is 9.18. The van der Waals surface area contributed by atoms with Gasteiger partial charge in [0, 0.05) is 10.5 Å². The second kappa shape index (κ2) is 6.06. The van der Waals surface area contributed by atoms with E-state index in [9.17, 15) is 20.2 Å². The summed E-state index contributed by atoms with van der Waals surface area (Å²) in [4.78, 5) is 20.2. The van der Waals surface area contributed by atoms with Crippen LogP contribution in [-0.2, 0) is 0 Å². The highest BCUT2D eigenvalue weighted by molar-refractivity contribution is 9.10. The van der Waals surface area contributed by atoms with Crippen molar-refractivity contribution in [2.24, 2.45) is 0 Å². The normalized spacial score (nSPS) is 10.2. The van der Waals surface area contributed by atoms with Crippen molar-refractivity contribution in [3.05, 3.63) is 66.1 Å². The molecule has 0 saturated heterocycles. The van der Waals surface area contributed by atoms with E-state index in [1.165, 1.54) is 6.07 Å². The van der Waals surface area contributed by atoms with Crippen molar-refractivity contribution in [3.63, 3.8) is 0 Å². The topological polar surface area (TPSA) is 95.5 Å². The van der Waals surface area contributed by atoms with Gasteiger partial charge in [-0.05, 0) is 24.3 Å². The maximum Gasteiger partial charge on any atom is 0.318 e. The van der Waals surface area contributed by atoms with Gasteiger partial charge in [-0.3, -0.25) is 20.2 Å². The van der Waals surface area contributed by atoms with Gasteiger partial charge < -0.3 is 4.74 Å². The predicted octanol–water partition coefficient (Wildman–Crippen LogP) is 4.71. The molecule has 0 aliphatic carbocycles. The van der Waals surface area contributed by atoms with Crippen LogP contribution in [0.3, 0.4) is 0 Å². The number of nitro benzene ring substituents is 2. The Morgan fingerprint density at radius 3 is 2.24 bits per heavy atom. The molecule has 7 nitrogen and oxygen atoms in total. The van der Waals surface area contributed by atoms with E-state index in [0.717, 1.165) is 22.7 Å². The van der Waals surface area contributed by atoms with E-state index in [1.54, 1.807) is 12.1 Å². The summed E-state index contributed by atoms with van der Waals surface area (Å²) in [5, 5.41) is 21.9. The van der Waals surface area contributed by atoms with Crippen LogP contribution < -0.4 is 4.74 Å². The van der Waals surface area contributed by atoms with Crippen molar-refractivity contribution in [1.82, 2.24) is 0 Å². The summed E-state index contributed by atoms with van der Waals surface area (Å²) in [6, 6.07) is 7.86. The Morgan fingerprint density at radius 2 is 1.67 bits per heavy atom. The van der Waals surface area contributed by atoms with Gasteiger partial charge in [-0.1, -0.05) is 27.5 Å². The van der Waals surface area contributed by atoms with Crippen LogP contribution in [0.25, 0.3) is 0 Å². The molecule has 0 bridgehead atoms.